The first-order valence-electron chi connectivity index (χ1n) is 5.70. The van der Waals surface area contributed by atoms with Crippen molar-refractivity contribution in [2.45, 2.75) is 12.8 Å². The van der Waals surface area contributed by atoms with Crippen molar-refractivity contribution in [1.82, 2.24) is 4.90 Å². The molecule has 0 aliphatic carbocycles. The Bertz CT molecular complexity index is 391. The maximum Gasteiger partial charge on any atom is 0.254 e. The van der Waals surface area contributed by atoms with Crippen LogP contribution in [-0.4, -0.2) is 37.2 Å². The molecule has 0 heterocycles. The van der Waals surface area contributed by atoms with E-state index in [1.165, 1.54) is 0 Å². The van der Waals surface area contributed by atoms with Crippen LogP contribution >= 0.6 is 0 Å². The molecule has 0 saturated carbocycles. The largest absolute Gasteiger partial charge is 0.342 e. The summed E-state index contributed by atoms with van der Waals surface area (Å²) in [6.07, 6.45) is 2.48. The highest BCUT2D eigenvalue weighted by Gasteiger charge is 2.14. The predicted octanol–water partition coefficient (Wildman–Crippen LogP) is 1.31. The molecule has 0 fully saturated rings. The fourth-order valence-corrected chi connectivity index (χ4v) is 1.60. The van der Waals surface area contributed by atoms with Gasteiger partial charge in [0.05, 0.1) is 5.56 Å². The molecule has 0 aliphatic rings. The van der Waals surface area contributed by atoms with E-state index in [-0.39, 0.29) is 5.91 Å². The van der Waals surface area contributed by atoms with Gasteiger partial charge in [-0.05, 0) is 25.5 Å². The van der Waals surface area contributed by atoms with Crippen molar-refractivity contribution >= 4 is 12.2 Å². The summed E-state index contributed by atoms with van der Waals surface area (Å²) in [5, 5.41) is 0. The molecule has 17 heavy (non-hydrogen) atoms. The smallest absolute Gasteiger partial charge is 0.254 e. The Morgan fingerprint density at radius 3 is 2.71 bits per heavy atom. The van der Waals surface area contributed by atoms with E-state index in [9.17, 15) is 9.59 Å². The molecule has 0 bridgehead atoms. The zero-order chi connectivity index (χ0) is 12.7. The Morgan fingerprint density at radius 2 is 2.06 bits per heavy atom. The summed E-state index contributed by atoms with van der Waals surface area (Å²) < 4.78 is 0. The van der Waals surface area contributed by atoms with E-state index < -0.39 is 0 Å². The van der Waals surface area contributed by atoms with E-state index in [0.29, 0.717) is 30.5 Å². The number of hydrogen-bond acceptors (Lipinski definition) is 3. The van der Waals surface area contributed by atoms with Gasteiger partial charge in [0.25, 0.3) is 5.91 Å². The molecule has 0 aliphatic heterocycles. The number of rotatable bonds is 6. The summed E-state index contributed by atoms with van der Waals surface area (Å²) in [5.41, 5.74) is 6.29. The minimum atomic E-state index is -0.121. The summed E-state index contributed by atoms with van der Waals surface area (Å²) in [7, 11) is 1.74. The van der Waals surface area contributed by atoms with Gasteiger partial charge in [-0.2, -0.15) is 0 Å². The third kappa shape index (κ3) is 3.67. The molecule has 92 valence electrons. The van der Waals surface area contributed by atoms with Gasteiger partial charge in [0, 0.05) is 19.2 Å². The predicted molar refractivity (Wildman–Crippen MR) is 67.1 cm³/mol. The van der Waals surface area contributed by atoms with E-state index in [2.05, 4.69) is 0 Å². The highest BCUT2D eigenvalue weighted by Crippen LogP contribution is 2.09. The number of benzene rings is 1. The number of unbranched alkanes of at least 4 members (excludes halogenated alkanes) is 1. The van der Waals surface area contributed by atoms with Crippen molar-refractivity contribution < 1.29 is 9.59 Å². The quantitative estimate of drug-likeness (QED) is 0.596. The van der Waals surface area contributed by atoms with Gasteiger partial charge in [-0.25, -0.2) is 0 Å². The molecule has 0 spiro atoms. The molecule has 0 unspecified atom stereocenters. The normalized spacial score (nSPS) is 10.0. The molecule has 1 amide bonds. The Kier molecular flexibility index (Phi) is 5.36. The van der Waals surface area contributed by atoms with Gasteiger partial charge in [-0.3, -0.25) is 9.59 Å². The van der Waals surface area contributed by atoms with Crippen molar-refractivity contribution in [2.75, 3.05) is 20.1 Å². The molecule has 0 saturated heterocycles. The molecule has 4 nitrogen and oxygen atoms in total. The van der Waals surface area contributed by atoms with Crippen LogP contribution in [0.5, 0.6) is 0 Å². The Morgan fingerprint density at radius 1 is 1.35 bits per heavy atom. The second-order valence-electron chi connectivity index (χ2n) is 3.93. The van der Waals surface area contributed by atoms with E-state index >= 15 is 0 Å². The third-order valence-corrected chi connectivity index (χ3v) is 2.61. The topological polar surface area (TPSA) is 63.4 Å². The summed E-state index contributed by atoms with van der Waals surface area (Å²) in [6.45, 7) is 1.29. The van der Waals surface area contributed by atoms with Gasteiger partial charge in [-0.1, -0.05) is 18.2 Å². The van der Waals surface area contributed by atoms with Crippen molar-refractivity contribution in [3.8, 4) is 0 Å². The van der Waals surface area contributed by atoms with Gasteiger partial charge in [0.1, 0.15) is 0 Å². The Labute approximate surface area is 101 Å². The average molecular weight is 234 g/mol. The number of nitrogens with two attached hydrogens (primary N) is 1. The van der Waals surface area contributed by atoms with Gasteiger partial charge in [0.15, 0.2) is 6.29 Å². The van der Waals surface area contributed by atoms with Gasteiger partial charge < -0.3 is 10.6 Å². The van der Waals surface area contributed by atoms with Crippen LogP contribution in [0.2, 0.25) is 0 Å². The molecule has 1 rings (SSSR count). The van der Waals surface area contributed by atoms with Gasteiger partial charge >= 0.3 is 0 Å². The lowest BCUT2D eigenvalue weighted by molar-refractivity contribution is 0.0790. The van der Waals surface area contributed by atoms with Crippen molar-refractivity contribution in [1.29, 1.82) is 0 Å². The molecule has 0 atom stereocenters. The van der Waals surface area contributed by atoms with Gasteiger partial charge in [-0.15, -0.1) is 0 Å². The molecule has 1 aromatic carbocycles. The Balaban J connectivity index is 2.71. The fourth-order valence-electron chi connectivity index (χ4n) is 1.60. The first-order valence-corrected chi connectivity index (χ1v) is 5.70. The lowest BCUT2D eigenvalue weighted by Crippen LogP contribution is -2.28. The monoisotopic (exact) mass is 234 g/mol. The molecule has 2 N–H and O–H groups in total. The highest BCUT2D eigenvalue weighted by molar-refractivity contribution is 6.01. The van der Waals surface area contributed by atoms with Crippen LogP contribution in [0.1, 0.15) is 33.6 Å². The SMILES string of the molecule is CN(CCCCN)C(=O)c1ccccc1C=O. The summed E-state index contributed by atoms with van der Waals surface area (Å²) >= 11 is 0. The second-order valence-corrected chi connectivity index (χ2v) is 3.93. The number of carbonyl (C=O) groups is 2. The van der Waals surface area contributed by atoms with Crippen LogP contribution in [-0.2, 0) is 0 Å². The van der Waals surface area contributed by atoms with Crippen LogP contribution in [0.15, 0.2) is 24.3 Å². The van der Waals surface area contributed by atoms with Crippen LogP contribution in [0, 0.1) is 0 Å². The molecule has 0 aromatic heterocycles. The van der Waals surface area contributed by atoms with Crippen LogP contribution in [0.25, 0.3) is 0 Å². The van der Waals surface area contributed by atoms with Crippen LogP contribution < -0.4 is 5.73 Å². The molecular formula is C13H18N2O2. The first kappa shape index (κ1) is 13.4. The van der Waals surface area contributed by atoms with E-state index in [0.717, 1.165) is 12.8 Å². The number of hydrogen-bond donors (Lipinski definition) is 1. The van der Waals surface area contributed by atoms with Crippen molar-refractivity contribution in [2.24, 2.45) is 5.73 Å². The average Bonchev–Trinajstić information content (AvgIpc) is 2.38. The van der Waals surface area contributed by atoms with Crippen LogP contribution in [0.4, 0.5) is 0 Å². The first-order chi connectivity index (χ1) is 8.20. The maximum atomic E-state index is 12.1. The molecular weight excluding hydrogens is 216 g/mol. The summed E-state index contributed by atoms with van der Waals surface area (Å²) in [6, 6.07) is 6.82. The van der Waals surface area contributed by atoms with Crippen LogP contribution in [0.3, 0.4) is 0 Å². The summed E-state index contributed by atoms with van der Waals surface area (Å²) in [5.74, 6) is -0.121. The van der Waals surface area contributed by atoms with E-state index in [1.54, 1.807) is 36.2 Å². The zero-order valence-corrected chi connectivity index (χ0v) is 10.1. The number of aldehydes is 1. The standard InChI is InChI=1S/C13H18N2O2/c1-15(9-5-4-8-14)13(17)12-7-3-2-6-11(12)10-16/h2-3,6-7,10H,4-5,8-9,14H2,1H3. The fraction of sp³-hybridized carbons (Fsp3) is 0.385. The summed E-state index contributed by atoms with van der Waals surface area (Å²) in [4.78, 5) is 24.5. The molecule has 1 aromatic rings. The maximum absolute atomic E-state index is 12.1. The van der Waals surface area contributed by atoms with Gasteiger partial charge in [0.2, 0.25) is 0 Å². The second kappa shape index (κ2) is 6.81. The minimum absolute atomic E-state index is 0.121. The minimum Gasteiger partial charge on any atom is -0.342 e. The highest BCUT2D eigenvalue weighted by atomic mass is 16.2. The number of amides is 1. The zero-order valence-electron chi connectivity index (χ0n) is 10.1. The van der Waals surface area contributed by atoms with E-state index in [1.807, 2.05) is 0 Å². The lowest BCUT2D eigenvalue weighted by Gasteiger charge is -2.17. The number of nitrogens with zero attached hydrogens (tertiary/aromatic N) is 1. The van der Waals surface area contributed by atoms with Crippen molar-refractivity contribution in [3.05, 3.63) is 35.4 Å². The Hall–Kier alpha value is -1.68. The molecule has 0 radical (unpaired) electrons. The lowest BCUT2D eigenvalue weighted by atomic mass is 10.1. The number of carbonyl (C=O) groups excluding carboxylic acids is 2. The van der Waals surface area contributed by atoms with E-state index in [4.69, 9.17) is 5.73 Å². The third-order valence-electron chi connectivity index (χ3n) is 2.61. The van der Waals surface area contributed by atoms with Crippen molar-refractivity contribution in [3.63, 3.8) is 0 Å². The molecule has 4 heteroatoms.